The summed E-state index contributed by atoms with van der Waals surface area (Å²) in [6, 6.07) is 46.1. The van der Waals surface area contributed by atoms with Crippen molar-refractivity contribution < 1.29 is 4.42 Å². The summed E-state index contributed by atoms with van der Waals surface area (Å²) in [5.41, 5.74) is 5.47. The van der Waals surface area contributed by atoms with Gasteiger partial charge >= 0.3 is 0 Å². The van der Waals surface area contributed by atoms with Crippen LogP contribution in [0.3, 0.4) is 0 Å². The van der Waals surface area contributed by atoms with Crippen LogP contribution in [0.1, 0.15) is 18.2 Å². The standard InChI is InChI=1S/C46H30N4O/c1-3-17-35-37(4-2)51-43-41(35)39-33-25-14-12-23-31(33)30-22-11-13-24-32(30)38(39)40-34-26-15-16-27-36(34)50(42(40)43)46-48-44(28-18-7-5-8-19-28)47-45(49-46)29-20-9-6-10-21-29/h3-27H,2H2,1H3/b17-3-. The summed E-state index contributed by atoms with van der Waals surface area (Å²) in [6.07, 6.45) is 6.01. The maximum absolute atomic E-state index is 6.94. The molecule has 10 aromatic rings. The van der Waals surface area contributed by atoms with E-state index in [2.05, 4.69) is 96.1 Å². The second-order valence-electron chi connectivity index (χ2n) is 12.7. The Morgan fingerprint density at radius 3 is 1.63 bits per heavy atom. The summed E-state index contributed by atoms with van der Waals surface area (Å²) >= 11 is 0. The van der Waals surface area contributed by atoms with Gasteiger partial charge < -0.3 is 4.42 Å². The molecule has 5 nitrogen and oxygen atoms in total. The third kappa shape index (κ3) is 4.25. The molecule has 0 unspecified atom stereocenters. The van der Waals surface area contributed by atoms with Crippen molar-refractivity contribution in [3.63, 3.8) is 0 Å². The molecule has 0 spiro atoms. The lowest BCUT2D eigenvalue weighted by atomic mass is 9.89. The minimum atomic E-state index is 0.517. The number of hydrogen-bond donors (Lipinski definition) is 0. The van der Waals surface area contributed by atoms with Crippen molar-refractivity contribution in [2.75, 3.05) is 0 Å². The molecule has 0 radical (unpaired) electrons. The molecule has 0 aliphatic rings. The summed E-state index contributed by atoms with van der Waals surface area (Å²) < 4.78 is 9.12. The van der Waals surface area contributed by atoms with Gasteiger partial charge in [-0.1, -0.05) is 146 Å². The molecule has 0 amide bonds. The van der Waals surface area contributed by atoms with Gasteiger partial charge in [0.15, 0.2) is 17.2 Å². The lowest BCUT2D eigenvalue weighted by Gasteiger charge is -2.14. The van der Waals surface area contributed by atoms with Crippen LogP contribution in [-0.2, 0) is 0 Å². The van der Waals surface area contributed by atoms with Crippen molar-refractivity contribution in [2.24, 2.45) is 0 Å². The molecule has 7 aromatic carbocycles. The van der Waals surface area contributed by atoms with Crippen LogP contribution in [0, 0.1) is 0 Å². The predicted molar refractivity (Wildman–Crippen MR) is 212 cm³/mol. The molecule has 0 aliphatic heterocycles. The van der Waals surface area contributed by atoms with Crippen LogP contribution in [0.2, 0.25) is 0 Å². The summed E-state index contributed by atoms with van der Waals surface area (Å²) in [6.45, 7) is 6.23. The number of allylic oxidation sites excluding steroid dienone is 1. The van der Waals surface area contributed by atoms with E-state index in [1.807, 2.05) is 73.7 Å². The van der Waals surface area contributed by atoms with E-state index in [9.17, 15) is 0 Å². The lowest BCUT2D eigenvalue weighted by Crippen LogP contribution is -2.06. The average Bonchev–Trinajstić information content (AvgIpc) is 3.74. The van der Waals surface area contributed by atoms with Gasteiger partial charge in [0.1, 0.15) is 11.3 Å². The van der Waals surface area contributed by atoms with Crippen molar-refractivity contribution in [3.8, 4) is 28.7 Å². The van der Waals surface area contributed by atoms with Gasteiger partial charge in [-0.25, -0.2) is 4.98 Å². The molecule has 0 fully saturated rings. The molecule has 0 N–H and O–H groups in total. The van der Waals surface area contributed by atoms with Crippen molar-refractivity contribution in [1.82, 2.24) is 19.5 Å². The highest BCUT2D eigenvalue weighted by molar-refractivity contribution is 6.43. The highest BCUT2D eigenvalue weighted by Crippen LogP contribution is 2.50. The van der Waals surface area contributed by atoms with Gasteiger partial charge in [0.2, 0.25) is 5.95 Å². The van der Waals surface area contributed by atoms with Crippen LogP contribution in [0.5, 0.6) is 0 Å². The Kier molecular flexibility index (Phi) is 6.48. The zero-order valence-corrected chi connectivity index (χ0v) is 27.8. The van der Waals surface area contributed by atoms with Crippen LogP contribution in [0.4, 0.5) is 0 Å². The maximum atomic E-state index is 6.94. The van der Waals surface area contributed by atoms with E-state index < -0.39 is 0 Å². The first-order chi connectivity index (χ1) is 25.2. The monoisotopic (exact) mass is 654 g/mol. The van der Waals surface area contributed by atoms with Gasteiger partial charge in [0.25, 0.3) is 0 Å². The number of furan rings is 1. The normalized spacial score (nSPS) is 12.0. The highest BCUT2D eigenvalue weighted by Gasteiger charge is 2.28. The molecule has 0 bridgehead atoms. The van der Waals surface area contributed by atoms with E-state index in [4.69, 9.17) is 19.4 Å². The number of rotatable bonds is 5. The van der Waals surface area contributed by atoms with E-state index in [0.717, 1.165) is 60.6 Å². The van der Waals surface area contributed by atoms with Crippen molar-refractivity contribution in [3.05, 3.63) is 157 Å². The molecular formula is C46H30N4O. The molecule has 5 heteroatoms. The summed E-state index contributed by atoms with van der Waals surface area (Å²) in [4.78, 5) is 15.4. The van der Waals surface area contributed by atoms with E-state index in [1.54, 1.807) is 0 Å². The highest BCUT2D eigenvalue weighted by atomic mass is 16.3. The molecule has 240 valence electrons. The van der Waals surface area contributed by atoms with Crippen LogP contribution >= 0.6 is 0 Å². The maximum Gasteiger partial charge on any atom is 0.238 e. The predicted octanol–water partition coefficient (Wildman–Crippen LogP) is 12.2. The average molecular weight is 655 g/mol. The lowest BCUT2D eigenvalue weighted by molar-refractivity contribution is 0.605. The van der Waals surface area contributed by atoms with E-state index in [-0.39, 0.29) is 0 Å². The summed E-state index contributed by atoms with van der Waals surface area (Å²) in [7, 11) is 0. The molecule has 0 aliphatic carbocycles. The van der Waals surface area contributed by atoms with Gasteiger partial charge in [-0.3, -0.25) is 4.57 Å². The fourth-order valence-electron chi connectivity index (χ4n) is 7.83. The number of fused-ring (bicyclic) bond motifs is 13. The second kappa shape index (κ2) is 11.4. The zero-order valence-electron chi connectivity index (χ0n) is 27.8. The number of aromatic nitrogens is 4. The molecule has 0 saturated heterocycles. The van der Waals surface area contributed by atoms with Crippen molar-refractivity contribution in [1.29, 1.82) is 0 Å². The molecule has 0 atom stereocenters. The molecular weight excluding hydrogens is 625 g/mol. The van der Waals surface area contributed by atoms with Crippen molar-refractivity contribution >= 4 is 77.2 Å². The Labute approximate surface area is 293 Å². The molecule has 3 heterocycles. The van der Waals surface area contributed by atoms with Crippen LogP contribution in [0.25, 0.3) is 106 Å². The molecule has 0 saturated carbocycles. The van der Waals surface area contributed by atoms with Crippen LogP contribution in [0.15, 0.2) is 151 Å². The van der Waals surface area contributed by atoms with E-state index in [1.165, 1.54) is 26.9 Å². The first kappa shape index (κ1) is 29.1. The minimum Gasteiger partial charge on any atom is -0.454 e. The quantitative estimate of drug-likeness (QED) is 0.173. The van der Waals surface area contributed by atoms with Gasteiger partial charge in [0, 0.05) is 43.6 Å². The molecule has 51 heavy (non-hydrogen) atoms. The largest absolute Gasteiger partial charge is 0.454 e. The number of benzene rings is 7. The van der Waals surface area contributed by atoms with Crippen LogP contribution < -0.4 is 0 Å². The van der Waals surface area contributed by atoms with Gasteiger partial charge in [0.05, 0.1) is 5.52 Å². The van der Waals surface area contributed by atoms with Crippen LogP contribution in [-0.4, -0.2) is 19.5 Å². The Balaban J connectivity index is 1.49. The third-order valence-electron chi connectivity index (χ3n) is 9.90. The second-order valence-corrected chi connectivity index (χ2v) is 12.7. The number of hydrogen-bond acceptors (Lipinski definition) is 4. The Morgan fingerprint density at radius 1 is 0.549 bits per heavy atom. The van der Waals surface area contributed by atoms with Crippen molar-refractivity contribution in [2.45, 2.75) is 6.92 Å². The first-order valence-corrected chi connectivity index (χ1v) is 17.1. The van der Waals surface area contributed by atoms with E-state index in [0.29, 0.717) is 17.6 Å². The summed E-state index contributed by atoms with van der Waals surface area (Å²) in [5, 5.41) is 10.3. The molecule has 3 aromatic heterocycles. The topological polar surface area (TPSA) is 56.7 Å². The number of nitrogens with zero attached hydrogens (tertiary/aromatic N) is 4. The first-order valence-electron chi connectivity index (χ1n) is 17.1. The fraction of sp³-hybridized carbons (Fsp3) is 0.0217. The minimum absolute atomic E-state index is 0.517. The fourth-order valence-corrected chi connectivity index (χ4v) is 7.83. The SMILES string of the molecule is C=Cc1oc2c(c1/C=C\C)c1c3ccccc3c3ccccc3c1c1c3ccccc3n(-c3nc(-c4ccccc4)nc(-c4ccccc4)n3)c21. The number of para-hydroxylation sites is 1. The zero-order chi connectivity index (χ0) is 34.1. The third-order valence-corrected chi connectivity index (χ3v) is 9.90. The molecule has 10 rings (SSSR count). The van der Waals surface area contributed by atoms with Gasteiger partial charge in [-0.15, -0.1) is 0 Å². The Bertz CT molecular complexity index is 2990. The Hall–Kier alpha value is -6.85. The van der Waals surface area contributed by atoms with Gasteiger partial charge in [-0.2, -0.15) is 9.97 Å². The van der Waals surface area contributed by atoms with Gasteiger partial charge in [-0.05, 0) is 40.6 Å². The van der Waals surface area contributed by atoms with E-state index >= 15 is 0 Å². The summed E-state index contributed by atoms with van der Waals surface area (Å²) in [5.74, 6) is 2.43. The Morgan fingerprint density at radius 2 is 1.06 bits per heavy atom. The smallest absolute Gasteiger partial charge is 0.238 e.